The van der Waals surface area contributed by atoms with E-state index in [-0.39, 0.29) is 6.03 Å². The van der Waals surface area contributed by atoms with Crippen molar-refractivity contribution >= 4 is 11.7 Å². The molecule has 0 aromatic heterocycles. The van der Waals surface area contributed by atoms with Gasteiger partial charge in [0.25, 0.3) is 0 Å². The summed E-state index contributed by atoms with van der Waals surface area (Å²) in [5.74, 6) is 0. The second kappa shape index (κ2) is 4.99. The maximum absolute atomic E-state index is 11.8. The van der Waals surface area contributed by atoms with Crippen LogP contribution in [0.1, 0.15) is 18.4 Å². The topological polar surface area (TPSA) is 58.4 Å². The number of nitrogens with zero attached hydrogens (tertiary/aromatic N) is 1. The van der Waals surface area contributed by atoms with E-state index in [4.69, 9.17) is 5.73 Å². The molecule has 2 rings (SSSR count). The lowest BCUT2D eigenvalue weighted by Gasteiger charge is -2.16. The molecule has 4 heteroatoms. The van der Waals surface area contributed by atoms with Gasteiger partial charge in [-0.2, -0.15) is 0 Å². The fraction of sp³-hybridized carbons (Fsp3) is 0.417. The third-order valence-electron chi connectivity index (χ3n) is 2.83. The molecule has 0 spiro atoms. The maximum atomic E-state index is 11.8. The first-order valence-corrected chi connectivity index (χ1v) is 5.64. The van der Waals surface area contributed by atoms with Gasteiger partial charge in [-0.1, -0.05) is 12.1 Å². The van der Waals surface area contributed by atoms with E-state index >= 15 is 0 Å². The van der Waals surface area contributed by atoms with Gasteiger partial charge in [-0.25, -0.2) is 4.79 Å². The number of carbonyl (C=O) groups is 1. The number of hydrogen-bond acceptors (Lipinski definition) is 2. The van der Waals surface area contributed by atoms with E-state index < -0.39 is 0 Å². The van der Waals surface area contributed by atoms with Gasteiger partial charge in [-0.05, 0) is 30.5 Å². The zero-order valence-electron chi connectivity index (χ0n) is 9.28. The summed E-state index contributed by atoms with van der Waals surface area (Å²) in [6.45, 7) is 2.26. The van der Waals surface area contributed by atoms with Crippen molar-refractivity contribution in [1.82, 2.24) is 4.90 Å². The number of nitrogens with two attached hydrogens (primary N) is 1. The van der Waals surface area contributed by atoms with Crippen LogP contribution in [-0.2, 0) is 6.54 Å². The molecule has 1 aliphatic heterocycles. The number of benzene rings is 1. The van der Waals surface area contributed by atoms with Crippen molar-refractivity contribution in [3.8, 4) is 0 Å². The molecular formula is C12H17N3O. The summed E-state index contributed by atoms with van der Waals surface area (Å²) in [6.07, 6.45) is 2.22. The van der Waals surface area contributed by atoms with Crippen molar-refractivity contribution in [1.29, 1.82) is 0 Å². The molecule has 1 fully saturated rings. The first-order valence-electron chi connectivity index (χ1n) is 5.64. The van der Waals surface area contributed by atoms with Crippen LogP contribution in [0.3, 0.4) is 0 Å². The number of urea groups is 1. The van der Waals surface area contributed by atoms with Crippen molar-refractivity contribution < 1.29 is 4.79 Å². The number of likely N-dealkylation sites (tertiary alicyclic amines) is 1. The monoisotopic (exact) mass is 219 g/mol. The first-order chi connectivity index (χ1) is 7.79. The molecular weight excluding hydrogens is 202 g/mol. The van der Waals surface area contributed by atoms with Gasteiger partial charge in [0.2, 0.25) is 0 Å². The van der Waals surface area contributed by atoms with E-state index in [1.807, 2.05) is 29.2 Å². The molecule has 86 valence electrons. The van der Waals surface area contributed by atoms with E-state index in [2.05, 4.69) is 5.32 Å². The minimum atomic E-state index is -0.00185. The lowest BCUT2D eigenvalue weighted by atomic mass is 10.2. The normalized spacial score (nSPS) is 15.2. The second-order valence-electron chi connectivity index (χ2n) is 4.03. The number of anilines is 1. The summed E-state index contributed by atoms with van der Waals surface area (Å²) in [4.78, 5) is 13.6. The van der Waals surface area contributed by atoms with Gasteiger partial charge >= 0.3 is 6.03 Å². The number of hydrogen-bond donors (Lipinski definition) is 2. The molecule has 1 heterocycles. The second-order valence-corrected chi connectivity index (χ2v) is 4.03. The van der Waals surface area contributed by atoms with E-state index in [9.17, 15) is 4.79 Å². The summed E-state index contributed by atoms with van der Waals surface area (Å²) >= 11 is 0. The molecule has 0 unspecified atom stereocenters. The highest BCUT2D eigenvalue weighted by Crippen LogP contribution is 2.13. The Kier molecular flexibility index (Phi) is 3.41. The summed E-state index contributed by atoms with van der Waals surface area (Å²) < 4.78 is 0. The molecule has 0 bridgehead atoms. The minimum absolute atomic E-state index is 0.00185. The number of nitrogens with one attached hydrogen (secondary N) is 1. The molecule has 2 amide bonds. The van der Waals surface area contributed by atoms with Gasteiger partial charge in [0.05, 0.1) is 0 Å². The molecule has 0 radical (unpaired) electrons. The third-order valence-corrected chi connectivity index (χ3v) is 2.83. The maximum Gasteiger partial charge on any atom is 0.321 e. The molecule has 1 aromatic rings. The van der Waals surface area contributed by atoms with E-state index in [0.29, 0.717) is 6.54 Å². The van der Waals surface area contributed by atoms with E-state index in [1.54, 1.807) is 0 Å². The fourth-order valence-electron chi connectivity index (χ4n) is 1.85. The van der Waals surface area contributed by atoms with Crippen molar-refractivity contribution in [2.45, 2.75) is 19.4 Å². The van der Waals surface area contributed by atoms with Crippen LogP contribution in [0, 0.1) is 0 Å². The lowest BCUT2D eigenvalue weighted by Crippen LogP contribution is -2.32. The summed E-state index contributed by atoms with van der Waals surface area (Å²) in [5.41, 5.74) is 7.40. The average molecular weight is 219 g/mol. The van der Waals surface area contributed by atoms with Crippen LogP contribution in [0.4, 0.5) is 10.5 Å². The van der Waals surface area contributed by atoms with Crippen LogP contribution in [0.2, 0.25) is 0 Å². The quantitative estimate of drug-likeness (QED) is 0.796. The average Bonchev–Trinajstić information content (AvgIpc) is 2.83. The number of rotatable bonds is 2. The van der Waals surface area contributed by atoms with Gasteiger partial charge < -0.3 is 16.0 Å². The molecule has 4 nitrogen and oxygen atoms in total. The van der Waals surface area contributed by atoms with Crippen LogP contribution in [0.15, 0.2) is 24.3 Å². The van der Waals surface area contributed by atoms with Gasteiger partial charge in [0.1, 0.15) is 0 Å². The Hall–Kier alpha value is -1.55. The summed E-state index contributed by atoms with van der Waals surface area (Å²) in [6, 6.07) is 7.63. The van der Waals surface area contributed by atoms with Crippen molar-refractivity contribution in [3.05, 3.63) is 29.8 Å². The SMILES string of the molecule is NCc1ccc(NC(=O)N2CCCC2)cc1. The molecule has 16 heavy (non-hydrogen) atoms. The van der Waals surface area contributed by atoms with Gasteiger partial charge in [-0.15, -0.1) is 0 Å². The van der Waals surface area contributed by atoms with Crippen LogP contribution < -0.4 is 11.1 Å². The van der Waals surface area contributed by atoms with Crippen molar-refractivity contribution in [2.75, 3.05) is 18.4 Å². The molecule has 1 aliphatic rings. The highest BCUT2D eigenvalue weighted by atomic mass is 16.2. The van der Waals surface area contributed by atoms with E-state index in [1.165, 1.54) is 0 Å². The standard InChI is InChI=1S/C12H17N3O/c13-9-10-3-5-11(6-4-10)14-12(16)15-7-1-2-8-15/h3-6H,1-2,7-9,13H2,(H,14,16). The van der Waals surface area contributed by atoms with Crippen LogP contribution >= 0.6 is 0 Å². The van der Waals surface area contributed by atoms with Crippen molar-refractivity contribution in [3.63, 3.8) is 0 Å². The van der Waals surface area contributed by atoms with Gasteiger partial charge in [-0.3, -0.25) is 0 Å². The van der Waals surface area contributed by atoms with Crippen LogP contribution in [0.25, 0.3) is 0 Å². The first kappa shape index (κ1) is 11.0. The molecule has 1 saturated heterocycles. The Morgan fingerprint density at radius 1 is 1.25 bits per heavy atom. The predicted octanol–water partition coefficient (Wildman–Crippen LogP) is 1.77. The van der Waals surface area contributed by atoms with Crippen LogP contribution in [-0.4, -0.2) is 24.0 Å². The Morgan fingerprint density at radius 3 is 2.44 bits per heavy atom. The van der Waals surface area contributed by atoms with Gasteiger partial charge in [0, 0.05) is 25.3 Å². The molecule has 1 aromatic carbocycles. The molecule has 0 saturated carbocycles. The summed E-state index contributed by atoms with van der Waals surface area (Å²) in [7, 11) is 0. The Morgan fingerprint density at radius 2 is 1.88 bits per heavy atom. The molecule has 0 atom stereocenters. The Labute approximate surface area is 95.4 Å². The molecule has 3 N–H and O–H groups in total. The minimum Gasteiger partial charge on any atom is -0.326 e. The zero-order chi connectivity index (χ0) is 11.4. The van der Waals surface area contributed by atoms with Gasteiger partial charge in [0.15, 0.2) is 0 Å². The predicted molar refractivity (Wildman–Crippen MR) is 64.2 cm³/mol. The summed E-state index contributed by atoms with van der Waals surface area (Å²) in [5, 5.41) is 2.88. The molecule has 0 aliphatic carbocycles. The van der Waals surface area contributed by atoms with E-state index in [0.717, 1.165) is 37.2 Å². The Bertz CT molecular complexity index is 355. The highest BCUT2D eigenvalue weighted by Gasteiger charge is 2.17. The highest BCUT2D eigenvalue weighted by molar-refractivity contribution is 5.89. The smallest absolute Gasteiger partial charge is 0.321 e. The number of carbonyl (C=O) groups excluding carboxylic acids is 1. The number of amides is 2. The lowest BCUT2D eigenvalue weighted by molar-refractivity contribution is 0.222. The fourth-order valence-corrected chi connectivity index (χ4v) is 1.85. The third kappa shape index (κ3) is 2.52. The zero-order valence-corrected chi connectivity index (χ0v) is 9.28. The van der Waals surface area contributed by atoms with Crippen LogP contribution in [0.5, 0.6) is 0 Å². The van der Waals surface area contributed by atoms with Crippen molar-refractivity contribution in [2.24, 2.45) is 5.73 Å². The largest absolute Gasteiger partial charge is 0.326 e. The Balaban J connectivity index is 1.94.